The van der Waals surface area contributed by atoms with Crippen LogP contribution >= 0.6 is 11.6 Å². The van der Waals surface area contributed by atoms with Crippen LogP contribution in [0, 0.1) is 19.8 Å². The molecular weight excluding hydrogens is 230 g/mol. The molecule has 0 radical (unpaired) electrons. The number of hydrogen-bond donors (Lipinski definition) is 1. The van der Waals surface area contributed by atoms with E-state index in [-0.39, 0.29) is 0 Å². The summed E-state index contributed by atoms with van der Waals surface area (Å²) in [6.45, 7) is 9.66. The first-order chi connectivity index (χ1) is 8.01. The predicted octanol–water partition coefficient (Wildman–Crippen LogP) is 4.05. The Bertz CT molecular complexity index is 327. The van der Waals surface area contributed by atoms with Crippen LogP contribution in [0.15, 0.2) is 18.2 Å². The molecule has 17 heavy (non-hydrogen) atoms. The number of halogens is 1. The van der Waals surface area contributed by atoms with Crippen LogP contribution in [0.4, 0.5) is 0 Å². The Hall–Kier alpha value is -0.530. The van der Waals surface area contributed by atoms with Gasteiger partial charge in [-0.15, -0.1) is 11.6 Å². The zero-order valence-electron chi connectivity index (χ0n) is 11.4. The smallest absolute Gasteiger partial charge is 0.0377 e. The molecule has 0 bridgehead atoms. The third kappa shape index (κ3) is 5.56. The quantitative estimate of drug-likeness (QED) is 0.755. The molecular formula is C15H24ClN. The van der Waals surface area contributed by atoms with E-state index in [4.69, 9.17) is 11.6 Å². The third-order valence-electron chi connectivity index (χ3n) is 2.82. The van der Waals surface area contributed by atoms with Crippen molar-refractivity contribution in [2.24, 2.45) is 5.92 Å². The lowest BCUT2D eigenvalue weighted by Gasteiger charge is -2.18. The lowest BCUT2D eigenvalue weighted by molar-refractivity contribution is 0.445. The maximum Gasteiger partial charge on any atom is 0.0377 e. The highest BCUT2D eigenvalue weighted by atomic mass is 35.5. The number of nitrogens with one attached hydrogen (secondary N) is 1. The molecule has 0 aliphatic carbocycles. The SMILES string of the molecule is Cc1cc(C)cc(CNC(CCl)CC(C)C)c1. The second kappa shape index (κ2) is 7.03. The van der Waals surface area contributed by atoms with Gasteiger partial charge in [-0.3, -0.25) is 0 Å². The Morgan fingerprint density at radius 2 is 1.71 bits per heavy atom. The summed E-state index contributed by atoms with van der Waals surface area (Å²) in [5.41, 5.74) is 4.00. The van der Waals surface area contributed by atoms with E-state index in [1.807, 2.05) is 0 Å². The summed E-state index contributed by atoms with van der Waals surface area (Å²) in [6.07, 6.45) is 1.13. The molecule has 1 nitrogen and oxygen atoms in total. The first-order valence-electron chi connectivity index (χ1n) is 6.37. The van der Waals surface area contributed by atoms with E-state index in [0.29, 0.717) is 17.8 Å². The van der Waals surface area contributed by atoms with Crippen molar-refractivity contribution in [1.29, 1.82) is 0 Å². The normalized spacial score (nSPS) is 13.1. The minimum Gasteiger partial charge on any atom is -0.309 e. The Labute approximate surface area is 111 Å². The van der Waals surface area contributed by atoms with Crippen molar-refractivity contribution in [1.82, 2.24) is 5.32 Å². The minimum absolute atomic E-state index is 0.414. The fourth-order valence-electron chi connectivity index (χ4n) is 2.20. The minimum atomic E-state index is 0.414. The van der Waals surface area contributed by atoms with Gasteiger partial charge in [0.1, 0.15) is 0 Å². The van der Waals surface area contributed by atoms with Crippen LogP contribution < -0.4 is 5.32 Å². The van der Waals surface area contributed by atoms with Gasteiger partial charge < -0.3 is 5.32 Å². The van der Waals surface area contributed by atoms with Gasteiger partial charge in [0.25, 0.3) is 0 Å². The van der Waals surface area contributed by atoms with Crippen molar-refractivity contribution in [3.05, 3.63) is 34.9 Å². The van der Waals surface area contributed by atoms with E-state index in [1.165, 1.54) is 16.7 Å². The van der Waals surface area contributed by atoms with Crippen LogP contribution in [0.3, 0.4) is 0 Å². The molecule has 2 heteroatoms. The van der Waals surface area contributed by atoms with Gasteiger partial charge in [0.05, 0.1) is 0 Å². The number of aryl methyl sites for hydroxylation is 2. The summed E-state index contributed by atoms with van der Waals surface area (Å²) in [7, 11) is 0. The van der Waals surface area contributed by atoms with Gasteiger partial charge in [-0.1, -0.05) is 43.2 Å². The van der Waals surface area contributed by atoms with Gasteiger partial charge in [0.2, 0.25) is 0 Å². The van der Waals surface area contributed by atoms with Crippen molar-refractivity contribution >= 4 is 11.6 Å². The standard InChI is InChI=1S/C15H24ClN/c1-11(2)5-15(9-16)17-10-14-7-12(3)6-13(4)8-14/h6-8,11,15,17H,5,9-10H2,1-4H3. The zero-order valence-corrected chi connectivity index (χ0v) is 12.1. The molecule has 0 aromatic heterocycles. The summed E-state index contributed by atoms with van der Waals surface area (Å²) < 4.78 is 0. The topological polar surface area (TPSA) is 12.0 Å². The summed E-state index contributed by atoms with van der Waals surface area (Å²) in [6, 6.07) is 7.09. The maximum absolute atomic E-state index is 5.98. The van der Waals surface area contributed by atoms with Gasteiger partial charge in [-0.05, 0) is 31.7 Å². The second-order valence-corrected chi connectivity index (χ2v) is 5.67. The van der Waals surface area contributed by atoms with Crippen molar-refractivity contribution in [3.8, 4) is 0 Å². The zero-order chi connectivity index (χ0) is 12.8. The summed E-state index contributed by atoms with van der Waals surface area (Å²) in [5.74, 6) is 1.37. The van der Waals surface area contributed by atoms with E-state index < -0.39 is 0 Å². The average molecular weight is 254 g/mol. The van der Waals surface area contributed by atoms with Gasteiger partial charge in [0.15, 0.2) is 0 Å². The predicted molar refractivity (Wildman–Crippen MR) is 76.7 cm³/mol. The Morgan fingerprint density at radius 3 is 2.18 bits per heavy atom. The maximum atomic E-state index is 5.98. The molecule has 0 saturated heterocycles. The van der Waals surface area contributed by atoms with Crippen LogP contribution in [-0.4, -0.2) is 11.9 Å². The monoisotopic (exact) mass is 253 g/mol. The fourth-order valence-corrected chi connectivity index (χ4v) is 2.44. The molecule has 0 fully saturated rings. The number of rotatable bonds is 6. The highest BCUT2D eigenvalue weighted by molar-refractivity contribution is 6.18. The lowest BCUT2D eigenvalue weighted by atomic mass is 10.0. The molecule has 0 aliphatic rings. The molecule has 1 rings (SSSR count). The molecule has 0 saturated carbocycles. The van der Waals surface area contributed by atoms with Crippen LogP contribution in [0.2, 0.25) is 0 Å². The van der Waals surface area contributed by atoms with Crippen LogP contribution in [0.5, 0.6) is 0 Å². The van der Waals surface area contributed by atoms with E-state index in [2.05, 4.69) is 51.2 Å². The van der Waals surface area contributed by atoms with Gasteiger partial charge in [-0.25, -0.2) is 0 Å². The van der Waals surface area contributed by atoms with Crippen molar-refractivity contribution in [2.75, 3.05) is 5.88 Å². The molecule has 1 aromatic rings. The van der Waals surface area contributed by atoms with Crippen molar-refractivity contribution in [3.63, 3.8) is 0 Å². The van der Waals surface area contributed by atoms with E-state index in [0.717, 1.165) is 13.0 Å². The van der Waals surface area contributed by atoms with Crippen molar-refractivity contribution < 1.29 is 0 Å². The van der Waals surface area contributed by atoms with Crippen LogP contribution in [0.1, 0.15) is 37.0 Å². The Kier molecular flexibility index (Phi) is 6.01. The number of hydrogen-bond acceptors (Lipinski definition) is 1. The number of benzene rings is 1. The van der Waals surface area contributed by atoms with E-state index >= 15 is 0 Å². The van der Waals surface area contributed by atoms with E-state index in [1.54, 1.807) is 0 Å². The molecule has 1 atom stereocenters. The highest BCUT2D eigenvalue weighted by Crippen LogP contribution is 2.11. The average Bonchev–Trinajstić information content (AvgIpc) is 2.22. The molecule has 0 spiro atoms. The van der Waals surface area contributed by atoms with Crippen LogP contribution in [0.25, 0.3) is 0 Å². The van der Waals surface area contributed by atoms with Gasteiger partial charge in [-0.2, -0.15) is 0 Å². The van der Waals surface area contributed by atoms with E-state index in [9.17, 15) is 0 Å². The van der Waals surface area contributed by atoms with Crippen LogP contribution in [-0.2, 0) is 6.54 Å². The molecule has 0 aliphatic heterocycles. The largest absolute Gasteiger partial charge is 0.309 e. The summed E-state index contributed by atoms with van der Waals surface area (Å²) in [4.78, 5) is 0. The molecule has 1 unspecified atom stereocenters. The molecule has 1 N–H and O–H groups in total. The summed E-state index contributed by atoms with van der Waals surface area (Å²) >= 11 is 5.98. The fraction of sp³-hybridized carbons (Fsp3) is 0.600. The van der Waals surface area contributed by atoms with Gasteiger partial charge >= 0.3 is 0 Å². The Morgan fingerprint density at radius 1 is 1.12 bits per heavy atom. The first kappa shape index (κ1) is 14.5. The number of alkyl halides is 1. The van der Waals surface area contributed by atoms with Gasteiger partial charge in [0, 0.05) is 18.5 Å². The third-order valence-corrected chi connectivity index (χ3v) is 3.19. The molecule has 0 heterocycles. The molecule has 96 valence electrons. The molecule has 1 aromatic carbocycles. The van der Waals surface area contributed by atoms with Crippen molar-refractivity contribution in [2.45, 2.75) is 46.7 Å². The lowest BCUT2D eigenvalue weighted by Crippen LogP contribution is -2.31. The molecule has 0 amide bonds. The summed E-state index contributed by atoms with van der Waals surface area (Å²) in [5, 5.41) is 3.54. The Balaban J connectivity index is 2.53. The highest BCUT2D eigenvalue weighted by Gasteiger charge is 2.09. The first-order valence-corrected chi connectivity index (χ1v) is 6.91. The second-order valence-electron chi connectivity index (χ2n) is 5.36.